The van der Waals surface area contributed by atoms with Crippen molar-refractivity contribution in [3.8, 4) is 17.2 Å². The van der Waals surface area contributed by atoms with E-state index in [1.165, 1.54) is 25.1 Å². The van der Waals surface area contributed by atoms with Crippen LogP contribution in [0.15, 0.2) is 66.7 Å². The number of nitro groups is 1. The molecule has 3 aromatic carbocycles. The summed E-state index contributed by atoms with van der Waals surface area (Å²) >= 11 is 0. The number of amides is 2. The third kappa shape index (κ3) is 6.30. The highest BCUT2D eigenvalue weighted by atomic mass is 16.6. The highest BCUT2D eigenvalue weighted by Crippen LogP contribution is 2.30. The van der Waals surface area contributed by atoms with Crippen molar-refractivity contribution in [1.29, 1.82) is 0 Å². The maximum absolute atomic E-state index is 12.3. The Morgan fingerprint density at radius 1 is 0.938 bits per heavy atom. The van der Waals surface area contributed by atoms with E-state index in [0.717, 1.165) is 5.56 Å². The SMILES string of the molecule is CC(=O)Nc1ccc(Oc2cc(NC(=O)COc3ccccc3C)cc([N+](=O)[O-])c2)cc1. The lowest BCUT2D eigenvalue weighted by Crippen LogP contribution is -2.20. The van der Waals surface area contributed by atoms with Crippen LogP contribution in [-0.4, -0.2) is 23.3 Å². The van der Waals surface area contributed by atoms with E-state index in [4.69, 9.17) is 9.47 Å². The van der Waals surface area contributed by atoms with Crippen LogP contribution in [0.2, 0.25) is 0 Å². The lowest BCUT2D eigenvalue weighted by atomic mass is 10.2. The van der Waals surface area contributed by atoms with Gasteiger partial charge in [-0.3, -0.25) is 19.7 Å². The number of rotatable bonds is 8. The molecule has 0 aliphatic heterocycles. The fourth-order valence-corrected chi connectivity index (χ4v) is 2.82. The number of nitro benzene ring substituents is 1. The molecule has 2 amide bonds. The van der Waals surface area contributed by atoms with Crippen LogP contribution in [0, 0.1) is 17.0 Å². The maximum atomic E-state index is 12.3. The standard InChI is InChI=1S/C23H21N3O6/c1-15-5-3-4-6-22(15)31-14-23(28)25-18-11-19(26(29)30)13-21(12-18)32-20-9-7-17(8-10-20)24-16(2)27/h3-13H,14H2,1-2H3,(H,24,27)(H,25,28). The number of nitrogens with one attached hydrogen (secondary N) is 2. The maximum Gasteiger partial charge on any atom is 0.275 e. The third-order valence-electron chi connectivity index (χ3n) is 4.25. The molecule has 3 aromatic rings. The molecule has 0 atom stereocenters. The number of hydrogen-bond donors (Lipinski definition) is 2. The summed E-state index contributed by atoms with van der Waals surface area (Å²) in [4.78, 5) is 34.1. The third-order valence-corrected chi connectivity index (χ3v) is 4.25. The van der Waals surface area contributed by atoms with E-state index in [1.807, 2.05) is 19.1 Å². The lowest BCUT2D eigenvalue weighted by Gasteiger charge is -2.11. The molecule has 9 nitrogen and oxygen atoms in total. The average Bonchev–Trinajstić information content (AvgIpc) is 2.74. The van der Waals surface area contributed by atoms with Gasteiger partial charge < -0.3 is 20.1 Å². The molecular weight excluding hydrogens is 414 g/mol. The zero-order valence-electron chi connectivity index (χ0n) is 17.5. The number of ether oxygens (including phenoxy) is 2. The number of para-hydroxylation sites is 1. The first-order valence-corrected chi connectivity index (χ1v) is 9.63. The molecule has 2 N–H and O–H groups in total. The van der Waals surface area contributed by atoms with Crippen molar-refractivity contribution in [2.75, 3.05) is 17.2 Å². The van der Waals surface area contributed by atoms with Crippen molar-refractivity contribution in [2.24, 2.45) is 0 Å². The summed E-state index contributed by atoms with van der Waals surface area (Å²) in [5, 5.41) is 16.5. The molecular formula is C23H21N3O6. The molecule has 0 aromatic heterocycles. The summed E-state index contributed by atoms with van der Waals surface area (Å²) in [6.45, 7) is 3.00. The molecule has 0 aliphatic rings. The van der Waals surface area contributed by atoms with Crippen molar-refractivity contribution >= 4 is 28.9 Å². The van der Waals surface area contributed by atoms with Gasteiger partial charge >= 0.3 is 0 Å². The van der Waals surface area contributed by atoms with Gasteiger partial charge in [0.15, 0.2) is 6.61 Å². The van der Waals surface area contributed by atoms with Gasteiger partial charge in [0.05, 0.1) is 16.7 Å². The predicted octanol–water partition coefficient (Wildman–Crippen LogP) is 4.67. The number of aryl methyl sites for hydroxylation is 1. The number of nitrogens with zero attached hydrogens (tertiary/aromatic N) is 1. The Hall–Kier alpha value is -4.40. The summed E-state index contributed by atoms with van der Waals surface area (Å²) in [5.74, 6) is 0.471. The average molecular weight is 435 g/mol. The molecule has 0 spiro atoms. The minimum atomic E-state index is -0.577. The topological polar surface area (TPSA) is 120 Å². The summed E-state index contributed by atoms with van der Waals surface area (Å²) < 4.78 is 11.2. The quantitative estimate of drug-likeness (QED) is 0.392. The number of anilines is 2. The molecule has 0 bridgehead atoms. The molecule has 0 saturated carbocycles. The van der Waals surface area contributed by atoms with E-state index in [-0.39, 0.29) is 29.6 Å². The minimum absolute atomic E-state index is 0.168. The Balaban J connectivity index is 1.71. The molecule has 0 fully saturated rings. The fraction of sp³-hybridized carbons (Fsp3) is 0.130. The lowest BCUT2D eigenvalue weighted by molar-refractivity contribution is -0.384. The van der Waals surface area contributed by atoms with Gasteiger partial charge in [0.25, 0.3) is 11.6 Å². The van der Waals surface area contributed by atoms with E-state index in [2.05, 4.69) is 10.6 Å². The Morgan fingerprint density at radius 3 is 2.31 bits per heavy atom. The summed E-state index contributed by atoms with van der Waals surface area (Å²) in [6.07, 6.45) is 0. The van der Waals surface area contributed by atoms with Crippen LogP contribution < -0.4 is 20.1 Å². The van der Waals surface area contributed by atoms with Crippen LogP contribution in [0.1, 0.15) is 12.5 Å². The number of benzene rings is 3. The number of non-ortho nitro benzene ring substituents is 1. The van der Waals surface area contributed by atoms with Crippen molar-refractivity contribution < 1.29 is 24.0 Å². The van der Waals surface area contributed by atoms with Crippen LogP contribution in [0.25, 0.3) is 0 Å². The van der Waals surface area contributed by atoms with E-state index in [0.29, 0.717) is 17.2 Å². The van der Waals surface area contributed by atoms with Gasteiger partial charge in [-0.05, 0) is 42.8 Å². The first-order chi connectivity index (χ1) is 15.3. The normalized spacial score (nSPS) is 10.2. The van der Waals surface area contributed by atoms with Gasteiger partial charge in [0.2, 0.25) is 5.91 Å². The highest BCUT2D eigenvalue weighted by Gasteiger charge is 2.14. The number of hydrogen-bond acceptors (Lipinski definition) is 6. The van der Waals surface area contributed by atoms with E-state index < -0.39 is 10.8 Å². The minimum Gasteiger partial charge on any atom is -0.483 e. The monoisotopic (exact) mass is 435 g/mol. The van der Waals surface area contributed by atoms with Crippen molar-refractivity contribution in [2.45, 2.75) is 13.8 Å². The largest absolute Gasteiger partial charge is 0.483 e. The molecule has 9 heteroatoms. The Kier molecular flexibility index (Phi) is 7.02. The van der Waals surface area contributed by atoms with Gasteiger partial charge in [0.1, 0.15) is 17.2 Å². The second kappa shape index (κ2) is 10.1. The second-order valence-corrected chi connectivity index (χ2v) is 6.88. The summed E-state index contributed by atoms with van der Waals surface area (Å²) in [7, 11) is 0. The number of carbonyl (C=O) groups is 2. The Bertz CT molecular complexity index is 1140. The Morgan fingerprint density at radius 2 is 1.66 bits per heavy atom. The molecule has 0 saturated heterocycles. The van der Waals surface area contributed by atoms with Gasteiger partial charge in [-0.2, -0.15) is 0 Å². The first-order valence-electron chi connectivity index (χ1n) is 9.63. The molecule has 0 heterocycles. The van der Waals surface area contributed by atoms with Crippen LogP contribution >= 0.6 is 0 Å². The zero-order valence-corrected chi connectivity index (χ0v) is 17.5. The summed E-state index contributed by atoms with van der Waals surface area (Å²) in [6, 6.07) is 17.7. The van der Waals surface area contributed by atoms with Gasteiger partial charge in [-0.1, -0.05) is 18.2 Å². The van der Waals surface area contributed by atoms with Gasteiger partial charge in [-0.25, -0.2) is 0 Å². The Labute approximate surface area is 184 Å². The second-order valence-electron chi connectivity index (χ2n) is 6.88. The van der Waals surface area contributed by atoms with Gasteiger partial charge in [0, 0.05) is 24.7 Å². The van der Waals surface area contributed by atoms with Gasteiger partial charge in [-0.15, -0.1) is 0 Å². The van der Waals surface area contributed by atoms with Crippen LogP contribution in [0.5, 0.6) is 17.2 Å². The molecule has 3 rings (SSSR count). The highest BCUT2D eigenvalue weighted by molar-refractivity contribution is 5.92. The number of carbonyl (C=O) groups excluding carboxylic acids is 2. The van der Waals surface area contributed by atoms with E-state index in [1.54, 1.807) is 36.4 Å². The van der Waals surface area contributed by atoms with Crippen LogP contribution in [0.4, 0.5) is 17.1 Å². The predicted molar refractivity (Wildman–Crippen MR) is 119 cm³/mol. The van der Waals surface area contributed by atoms with Crippen LogP contribution in [0.3, 0.4) is 0 Å². The van der Waals surface area contributed by atoms with E-state index in [9.17, 15) is 19.7 Å². The van der Waals surface area contributed by atoms with Crippen LogP contribution in [-0.2, 0) is 9.59 Å². The van der Waals surface area contributed by atoms with Crippen molar-refractivity contribution in [3.05, 3.63) is 82.4 Å². The van der Waals surface area contributed by atoms with E-state index >= 15 is 0 Å². The molecule has 32 heavy (non-hydrogen) atoms. The zero-order chi connectivity index (χ0) is 23.1. The fourth-order valence-electron chi connectivity index (χ4n) is 2.82. The summed E-state index contributed by atoms with van der Waals surface area (Å²) in [5.41, 5.74) is 1.43. The first kappa shape index (κ1) is 22.3. The smallest absolute Gasteiger partial charge is 0.275 e. The molecule has 0 radical (unpaired) electrons. The molecule has 0 unspecified atom stereocenters. The van der Waals surface area contributed by atoms with Crippen molar-refractivity contribution in [3.63, 3.8) is 0 Å². The molecule has 164 valence electrons. The van der Waals surface area contributed by atoms with Crippen molar-refractivity contribution in [1.82, 2.24) is 0 Å². The molecule has 0 aliphatic carbocycles.